The number of aromatic nitrogens is 2. The number of aromatic amines is 1. The number of nitrogens with zero attached hydrogens (tertiary/aromatic N) is 1. The Balaban J connectivity index is 2.52. The average Bonchev–Trinajstić information content (AvgIpc) is 2.70. The van der Waals surface area contributed by atoms with Gasteiger partial charge in [0.15, 0.2) is 5.82 Å². The number of anilines is 2. The Morgan fingerprint density at radius 2 is 2.05 bits per heavy atom. The van der Waals surface area contributed by atoms with Crippen molar-refractivity contribution in [2.75, 3.05) is 10.5 Å². The van der Waals surface area contributed by atoms with Gasteiger partial charge in [-0.1, -0.05) is 0 Å². The zero-order chi connectivity index (χ0) is 15.8. The summed E-state index contributed by atoms with van der Waals surface area (Å²) in [5, 5.41) is 15.6. The van der Waals surface area contributed by atoms with Crippen LogP contribution in [0, 0.1) is 13.8 Å². The highest BCUT2D eigenvalue weighted by atomic mass is 32.2. The predicted octanol–water partition coefficient (Wildman–Crippen LogP) is 1.11. The molecule has 0 unspecified atom stereocenters. The normalized spacial score (nSPS) is 11.3. The van der Waals surface area contributed by atoms with E-state index in [-0.39, 0.29) is 17.1 Å². The van der Waals surface area contributed by atoms with Crippen LogP contribution in [-0.4, -0.2) is 29.7 Å². The average molecular weight is 310 g/mol. The first kappa shape index (κ1) is 14.9. The number of H-pyrrole nitrogens is 1. The molecule has 0 radical (unpaired) electrons. The number of hydrogen-bond acceptors (Lipinski definition) is 5. The number of aromatic carboxylic acids is 1. The van der Waals surface area contributed by atoms with Gasteiger partial charge in [0, 0.05) is 16.9 Å². The van der Waals surface area contributed by atoms with Crippen LogP contribution in [0.2, 0.25) is 0 Å². The molecule has 0 amide bonds. The van der Waals surface area contributed by atoms with Gasteiger partial charge in [-0.2, -0.15) is 5.10 Å². The van der Waals surface area contributed by atoms with Gasteiger partial charge in [-0.05, 0) is 32.0 Å². The summed E-state index contributed by atoms with van der Waals surface area (Å²) in [6, 6.07) is 3.57. The molecule has 2 rings (SSSR count). The van der Waals surface area contributed by atoms with E-state index < -0.39 is 20.9 Å². The molecule has 1 heterocycles. The van der Waals surface area contributed by atoms with E-state index in [1.165, 1.54) is 6.07 Å². The van der Waals surface area contributed by atoms with Gasteiger partial charge in [0.25, 0.3) is 10.0 Å². The fourth-order valence-electron chi connectivity index (χ4n) is 1.70. The van der Waals surface area contributed by atoms with Crippen LogP contribution in [-0.2, 0) is 10.0 Å². The third-order valence-electron chi connectivity index (χ3n) is 3.01. The molecule has 0 bridgehead atoms. The van der Waals surface area contributed by atoms with Gasteiger partial charge in [-0.15, -0.1) is 0 Å². The van der Waals surface area contributed by atoms with Crippen LogP contribution < -0.4 is 10.5 Å². The van der Waals surface area contributed by atoms with E-state index in [0.29, 0.717) is 11.3 Å². The lowest BCUT2D eigenvalue weighted by Gasteiger charge is -2.10. The van der Waals surface area contributed by atoms with E-state index in [0.717, 1.165) is 12.1 Å². The number of nitrogens with two attached hydrogens (primary N) is 1. The lowest BCUT2D eigenvalue weighted by Crippen LogP contribution is -2.18. The molecule has 2 aromatic rings. The summed E-state index contributed by atoms with van der Waals surface area (Å²) in [5.41, 5.74) is 6.67. The fraction of sp³-hybridized carbons (Fsp3) is 0.167. The van der Waals surface area contributed by atoms with Gasteiger partial charge in [-0.25, -0.2) is 13.2 Å². The summed E-state index contributed by atoms with van der Waals surface area (Å²) in [4.78, 5) is 10.7. The Kier molecular flexibility index (Phi) is 3.60. The lowest BCUT2D eigenvalue weighted by atomic mass is 10.2. The number of sulfonamides is 1. The van der Waals surface area contributed by atoms with Crippen LogP contribution in [0.1, 0.15) is 21.6 Å². The minimum Gasteiger partial charge on any atom is -0.478 e. The van der Waals surface area contributed by atoms with Gasteiger partial charge in [-0.3, -0.25) is 9.82 Å². The van der Waals surface area contributed by atoms with Crippen molar-refractivity contribution in [3.05, 3.63) is 35.0 Å². The third kappa shape index (κ3) is 2.82. The van der Waals surface area contributed by atoms with Crippen molar-refractivity contribution in [2.24, 2.45) is 0 Å². The Morgan fingerprint density at radius 3 is 2.57 bits per heavy atom. The summed E-state index contributed by atoms with van der Waals surface area (Å²) in [5.74, 6) is -1.24. The van der Waals surface area contributed by atoms with Crippen LogP contribution in [0.25, 0.3) is 0 Å². The van der Waals surface area contributed by atoms with E-state index >= 15 is 0 Å². The summed E-state index contributed by atoms with van der Waals surface area (Å²) in [6.45, 7) is 3.43. The number of carbonyl (C=O) groups is 1. The summed E-state index contributed by atoms with van der Waals surface area (Å²) >= 11 is 0. The molecule has 0 saturated heterocycles. The molecule has 5 N–H and O–H groups in total. The Labute approximate surface area is 121 Å². The van der Waals surface area contributed by atoms with Crippen molar-refractivity contribution in [2.45, 2.75) is 18.7 Å². The minimum atomic E-state index is -4.11. The smallest absolute Gasteiger partial charge is 0.337 e. The number of hydrogen-bond donors (Lipinski definition) is 4. The Hall–Kier alpha value is -2.55. The topological polar surface area (TPSA) is 138 Å². The number of benzene rings is 1. The van der Waals surface area contributed by atoms with Crippen molar-refractivity contribution >= 4 is 27.5 Å². The second-order valence-corrected chi connectivity index (χ2v) is 6.14. The number of carboxylic acids is 1. The summed E-state index contributed by atoms with van der Waals surface area (Å²) in [6.07, 6.45) is 0. The van der Waals surface area contributed by atoms with E-state index in [9.17, 15) is 13.2 Å². The Bertz CT molecular complexity index is 811. The first-order valence-corrected chi connectivity index (χ1v) is 7.38. The zero-order valence-electron chi connectivity index (χ0n) is 11.3. The molecule has 0 spiro atoms. The van der Waals surface area contributed by atoms with E-state index in [4.69, 9.17) is 10.8 Å². The van der Waals surface area contributed by atoms with Gasteiger partial charge >= 0.3 is 5.97 Å². The molecular formula is C12H14N4O4S. The van der Waals surface area contributed by atoms with Crippen LogP contribution in [0.3, 0.4) is 0 Å². The highest BCUT2D eigenvalue weighted by Gasteiger charge is 2.24. The van der Waals surface area contributed by atoms with Gasteiger partial charge in [0.1, 0.15) is 4.90 Å². The number of nitrogens with one attached hydrogen (secondary N) is 2. The highest BCUT2D eigenvalue weighted by Crippen LogP contribution is 2.23. The molecular weight excluding hydrogens is 296 g/mol. The van der Waals surface area contributed by atoms with Crippen molar-refractivity contribution < 1.29 is 18.3 Å². The largest absolute Gasteiger partial charge is 0.478 e. The van der Waals surface area contributed by atoms with Gasteiger partial charge in [0.05, 0.1) is 5.56 Å². The number of carboxylic acid groups (broad SMARTS) is 1. The van der Waals surface area contributed by atoms with Crippen molar-refractivity contribution in [3.63, 3.8) is 0 Å². The van der Waals surface area contributed by atoms with E-state index in [2.05, 4.69) is 14.9 Å². The second kappa shape index (κ2) is 5.09. The summed E-state index contributed by atoms with van der Waals surface area (Å²) in [7, 11) is -4.11. The standard InChI is InChI=1S/C12H14N4O4S/c1-6-7(2)14-15-11(6)16-21(19,20)10-5-8(13)3-4-9(10)12(17)18/h3-5H,13H2,1-2H3,(H,17,18)(H2,14,15,16). The van der Waals surface area contributed by atoms with Crippen LogP contribution in [0.15, 0.2) is 23.1 Å². The number of aryl methyl sites for hydroxylation is 1. The monoisotopic (exact) mass is 310 g/mol. The molecule has 112 valence electrons. The minimum absolute atomic E-state index is 0.117. The third-order valence-corrected chi connectivity index (χ3v) is 4.39. The molecule has 0 fully saturated rings. The molecule has 21 heavy (non-hydrogen) atoms. The second-order valence-electron chi connectivity index (χ2n) is 4.49. The van der Waals surface area contributed by atoms with Crippen molar-refractivity contribution in [3.8, 4) is 0 Å². The predicted molar refractivity (Wildman–Crippen MR) is 76.7 cm³/mol. The molecule has 0 aliphatic heterocycles. The molecule has 0 saturated carbocycles. The fourth-order valence-corrected chi connectivity index (χ4v) is 3.00. The maximum atomic E-state index is 12.4. The molecule has 8 nitrogen and oxygen atoms in total. The van der Waals surface area contributed by atoms with Gasteiger partial charge in [0.2, 0.25) is 0 Å². The molecule has 0 aliphatic carbocycles. The number of rotatable bonds is 4. The lowest BCUT2D eigenvalue weighted by molar-refractivity contribution is 0.0692. The van der Waals surface area contributed by atoms with Crippen LogP contribution in [0.5, 0.6) is 0 Å². The van der Waals surface area contributed by atoms with Crippen LogP contribution in [0.4, 0.5) is 11.5 Å². The van der Waals surface area contributed by atoms with E-state index in [1.54, 1.807) is 13.8 Å². The molecule has 9 heteroatoms. The Morgan fingerprint density at radius 1 is 1.38 bits per heavy atom. The molecule has 1 aromatic carbocycles. The van der Waals surface area contributed by atoms with Crippen molar-refractivity contribution in [1.82, 2.24) is 10.2 Å². The maximum absolute atomic E-state index is 12.4. The maximum Gasteiger partial charge on any atom is 0.337 e. The molecule has 0 atom stereocenters. The zero-order valence-corrected chi connectivity index (χ0v) is 12.2. The van der Waals surface area contributed by atoms with Crippen LogP contribution >= 0.6 is 0 Å². The quantitative estimate of drug-likeness (QED) is 0.624. The number of nitrogen functional groups attached to an aromatic ring is 1. The highest BCUT2D eigenvalue weighted by molar-refractivity contribution is 7.92. The SMILES string of the molecule is Cc1[nH]nc(NS(=O)(=O)c2cc(N)ccc2C(=O)O)c1C. The van der Waals surface area contributed by atoms with E-state index in [1.807, 2.05) is 0 Å². The van der Waals surface area contributed by atoms with Gasteiger partial charge < -0.3 is 10.8 Å². The molecule has 1 aromatic heterocycles. The first-order chi connectivity index (χ1) is 9.72. The molecule has 0 aliphatic rings. The first-order valence-electron chi connectivity index (χ1n) is 5.89. The summed E-state index contributed by atoms with van der Waals surface area (Å²) < 4.78 is 27.0. The van der Waals surface area contributed by atoms with Crippen molar-refractivity contribution in [1.29, 1.82) is 0 Å².